The number of carboxylic acid groups (broad SMARTS) is 1. The Morgan fingerprint density at radius 1 is 1.30 bits per heavy atom. The third-order valence-electron chi connectivity index (χ3n) is 5.19. The first kappa shape index (κ1) is 16.4. The van der Waals surface area contributed by atoms with E-state index in [1.165, 1.54) is 18.2 Å². The number of nitrogens with zero attached hydrogens (tertiary/aromatic N) is 1. The number of carbonyl (C=O) groups is 1. The van der Waals surface area contributed by atoms with Gasteiger partial charge in [0.1, 0.15) is 0 Å². The molecule has 0 spiro atoms. The lowest BCUT2D eigenvalue weighted by molar-refractivity contribution is 0.0256. The van der Waals surface area contributed by atoms with Gasteiger partial charge in [0.05, 0.1) is 16.6 Å². The second-order valence-electron chi connectivity index (χ2n) is 6.58. The molecule has 1 aromatic carbocycles. The van der Waals surface area contributed by atoms with Crippen LogP contribution in [0.5, 0.6) is 0 Å². The largest absolute Gasteiger partial charge is 0.478 e. The van der Waals surface area contributed by atoms with Crippen LogP contribution in [-0.4, -0.2) is 47.1 Å². The molecular formula is C16H21NO5S. The molecule has 2 fully saturated rings. The van der Waals surface area contributed by atoms with Crippen LogP contribution in [0, 0.1) is 12.8 Å². The van der Waals surface area contributed by atoms with E-state index < -0.39 is 22.1 Å². The van der Waals surface area contributed by atoms with Crippen molar-refractivity contribution in [2.24, 2.45) is 5.92 Å². The topological polar surface area (TPSA) is 94.9 Å². The van der Waals surface area contributed by atoms with Crippen LogP contribution in [-0.2, 0) is 10.0 Å². The molecule has 2 saturated heterocycles. The Kier molecular flexibility index (Phi) is 3.98. The van der Waals surface area contributed by atoms with Crippen LogP contribution in [0.1, 0.15) is 42.1 Å². The van der Waals surface area contributed by atoms with E-state index in [4.69, 9.17) is 5.11 Å². The molecule has 2 aliphatic rings. The molecule has 0 radical (unpaired) electrons. The molecule has 2 aliphatic heterocycles. The van der Waals surface area contributed by atoms with Gasteiger partial charge in [-0.2, -0.15) is 4.31 Å². The molecule has 23 heavy (non-hydrogen) atoms. The van der Waals surface area contributed by atoms with Crippen molar-refractivity contribution in [2.75, 3.05) is 0 Å². The van der Waals surface area contributed by atoms with Crippen molar-refractivity contribution in [2.45, 2.75) is 56.2 Å². The van der Waals surface area contributed by atoms with E-state index in [0.29, 0.717) is 12.0 Å². The Balaban J connectivity index is 2.01. The van der Waals surface area contributed by atoms with Gasteiger partial charge in [0.25, 0.3) is 0 Å². The Labute approximate surface area is 135 Å². The molecule has 4 unspecified atom stereocenters. The Hall–Kier alpha value is -1.44. The number of aliphatic hydroxyl groups excluding tert-OH is 1. The minimum absolute atomic E-state index is 0.0758. The molecule has 1 aromatic rings. The smallest absolute Gasteiger partial charge is 0.335 e. The van der Waals surface area contributed by atoms with E-state index in [-0.39, 0.29) is 28.5 Å². The minimum Gasteiger partial charge on any atom is -0.478 e. The predicted octanol–water partition coefficient (Wildman–Crippen LogP) is 1.62. The number of carboxylic acids is 1. The van der Waals surface area contributed by atoms with Gasteiger partial charge in [-0.1, -0.05) is 6.92 Å². The molecule has 7 heteroatoms. The zero-order valence-electron chi connectivity index (χ0n) is 13.1. The van der Waals surface area contributed by atoms with Crippen LogP contribution in [0.3, 0.4) is 0 Å². The SMILES string of the molecule is Cc1cc(C(=O)O)ccc1S(=O)(=O)N1C2CCC1C(C)C(O)C2. The highest BCUT2D eigenvalue weighted by molar-refractivity contribution is 7.89. The molecule has 3 rings (SSSR count). The van der Waals surface area contributed by atoms with Gasteiger partial charge in [0.15, 0.2) is 0 Å². The summed E-state index contributed by atoms with van der Waals surface area (Å²) in [5, 5.41) is 19.1. The van der Waals surface area contributed by atoms with Gasteiger partial charge in [-0.3, -0.25) is 0 Å². The van der Waals surface area contributed by atoms with Crippen molar-refractivity contribution in [3.05, 3.63) is 29.3 Å². The van der Waals surface area contributed by atoms with E-state index in [9.17, 15) is 18.3 Å². The molecule has 4 atom stereocenters. The summed E-state index contributed by atoms with van der Waals surface area (Å²) in [4.78, 5) is 11.2. The number of aryl methyl sites for hydroxylation is 1. The molecule has 0 aliphatic carbocycles. The maximum absolute atomic E-state index is 13.1. The fraction of sp³-hybridized carbons (Fsp3) is 0.562. The van der Waals surface area contributed by atoms with Crippen molar-refractivity contribution in [1.29, 1.82) is 0 Å². The van der Waals surface area contributed by atoms with E-state index >= 15 is 0 Å². The number of rotatable bonds is 3. The Morgan fingerprint density at radius 2 is 2.00 bits per heavy atom. The van der Waals surface area contributed by atoms with Gasteiger partial charge in [-0.05, 0) is 55.9 Å². The van der Waals surface area contributed by atoms with Crippen molar-refractivity contribution in [3.63, 3.8) is 0 Å². The average Bonchev–Trinajstić information content (AvgIpc) is 2.83. The minimum atomic E-state index is -3.70. The molecular weight excluding hydrogens is 318 g/mol. The van der Waals surface area contributed by atoms with E-state index in [1.54, 1.807) is 11.2 Å². The lowest BCUT2D eigenvalue weighted by Crippen LogP contribution is -2.52. The Morgan fingerprint density at radius 3 is 2.61 bits per heavy atom. The first-order valence-corrected chi connectivity index (χ1v) is 9.23. The summed E-state index contributed by atoms with van der Waals surface area (Å²) >= 11 is 0. The van der Waals surface area contributed by atoms with Crippen LogP contribution in [0.25, 0.3) is 0 Å². The second-order valence-corrected chi connectivity index (χ2v) is 8.39. The Bertz CT molecular complexity index is 745. The highest BCUT2D eigenvalue weighted by atomic mass is 32.2. The maximum atomic E-state index is 13.1. The normalized spacial score (nSPS) is 31.3. The fourth-order valence-corrected chi connectivity index (χ4v) is 6.09. The van der Waals surface area contributed by atoms with Crippen LogP contribution in [0.15, 0.2) is 23.1 Å². The van der Waals surface area contributed by atoms with Crippen molar-refractivity contribution < 1.29 is 23.4 Å². The number of hydrogen-bond donors (Lipinski definition) is 2. The van der Waals surface area contributed by atoms with Crippen LogP contribution < -0.4 is 0 Å². The third-order valence-corrected chi connectivity index (χ3v) is 7.33. The quantitative estimate of drug-likeness (QED) is 0.872. The summed E-state index contributed by atoms with van der Waals surface area (Å²) in [6, 6.07) is 3.73. The van der Waals surface area contributed by atoms with Gasteiger partial charge < -0.3 is 10.2 Å². The molecule has 2 N–H and O–H groups in total. The number of piperidine rings is 1. The highest BCUT2D eigenvalue weighted by Crippen LogP contribution is 2.42. The molecule has 6 nitrogen and oxygen atoms in total. The number of sulfonamides is 1. The van der Waals surface area contributed by atoms with Crippen molar-refractivity contribution in [3.8, 4) is 0 Å². The van der Waals surface area contributed by atoms with Gasteiger partial charge in [-0.25, -0.2) is 13.2 Å². The lowest BCUT2D eigenvalue weighted by Gasteiger charge is -2.40. The first-order valence-electron chi connectivity index (χ1n) is 7.79. The second kappa shape index (κ2) is 5.58. The molecule has 0 amide bonds. The van der Waals surface area contributed by atoms with E-state index in [1.807, 2.05) is 6.92 Å². The zero-order chi connectivity index (χ0) is 16.9. The van der Waals surface area contributed by atoms with Gasteiger partial charge >= 0.3 is 5.97 Å². The average molecular weight is 339 g/mol. The van der Waals surface area contributed by atoms with Crippen LogP contribution >= 0.6 is 0 Å². The van der Waals surface area contributed by atoms with Gasteiger partial charge in [0.2, 0.25) is 10.0 Å². The number of benzene rings is 1. The predicted molar refractivity (Wildman–Crippen MR) is 83.8 cm³/mol. The standard InChI is InChI=1S/C16H21NO5S/c1-9-7-11(16(19)20)3-6-15(9)23(21,22)17-12-4-5-13(17)10(2)14(18)8-12/h3,6-7,10,12-14,18H,4-5,8H2,1-2H3,(H,19,20). The molecule has 0 saturated carbocycles. The van der Waals surface area contributed by atoms with E-state index in [2.05, 4.69) is 0 Å². The summed E-state index contributed by atoms with van der Waals surface area (Å²) in [6.07, 6.45) is 1.52. The van der Waals surface area contributed by atoms with Crippen molar-refractivity contribution in [1.82, 2.24) is 4.31 Å². The summed E-state index contributed by atoms with van der Waals surface area (Å²) in [7, 11) is -3.70. The van der Waals surface area contributed by atoms with E-state index in [0.717, 1.165) is 12.8 Å². The monoisotopic (exact) mass is 339 g/mol. The number of aliphatic hydroxyl groups is 1. The van der Waals surface area contributed by atoms with Gasteiger partial charge in [-0.15, -0.1) is 0 Å². The van der Waals surface area contributed by atoms with Gasteiger partial charge in [0, 0.05) is 12.1 Å². The summed E-state index contributed by atoms with van der Waals surface area (Å²) in [5.41, 5.74) is 0.509. The third kappa shape index (κ3) is 2.56. The molecule has 2 heterocycles. The lowest BCUT2D eigenvalue weighted by atomic mass is 9.91. The molecule has 2 bridgehead atoms. The number of hydrogen-bond acceptors (Lipinski definition) is 4. The molecule has 126 valence electrons. The molecule has 0 aromatic heterocycles. The zero-order valence-corrected chi connectivity index (χ0v) is 14.0. The van der Waals surface area contributed by atoms with Crippen LogP contribution in [0.4, 0.5) is 0 Å². The summed E-state index contributed by atoms with van der Waals surface area (Å²) < 4.78 is 27.7. The fourth-order valence-electron chi connectivity index (χ4n) is 3.91. The maximum Gasteiger partial charge on any atom is 0.335 e. The van der Waals surface area contributed by atoms with Crippen LogP contribution in [0.2, 0.25) is 0 Å². The summed E-state index contributed by atoms with van der Waals surface area (Å²) in [6.45, 7) is 3.50. The summed E-state index contributed by atoms with van der Waals surface area (Å²) in [5.74, 6) is -1.17. The number of aromatic carboxylic acids is 1. The number of fused-ring (bicyclic) bond motifs is 2. The first-order chi connectivity index (χ1) is 10.7. The highest BCUT2D eigenvalue weighted by Gasteiger charge is 2.50. The van der Waals surface area contributed by atoms with Crippen molar-refractivity contribution >= 4 is 16.0 Å².